The lowest BCUT2D eigenvalue weighted by Gasteiger charge is -2.16. The average molecular weight is 366 g/mol. The molecule has 1 atom stereocenters. The number of ether oxygens (including phenoxy) is 2. The number of carbonyl (C=O) groups excluding carboxylic acids is 1. The Labute approximate surface area is 157 Å². The van der Waals surface area contributed by atoms with Gasteiger partial charge in [-0.1, -0.05) is 30.3 Å². The van der Waals surface area contributed by atoms with Crippen LogP contribution in [0.5, 0.6) is 5.75 Å². The van der Waals surface area contributed by atoms with Gasteiger partial charge in [-0.05, 0) is 44.0 Å². The fraction of sp³-hybridized carbons (Fsp3) is 0.273. The van der Waals surface area contributed by atoms with Crippen LogP contribution in [0, 0.1) is 13.8 Å². The zero-order chi connectivity index (χ0) is 19.6. The highest BCUT2D eigenvalue weighted by Gasteiger charge is 2.19. The standard InChI is InChI=1S/C22H22O5/c1-13-17-10-11-19(26-15(3)21(23)25-4)14(2)20(17)27-22(24)18(13)12-16-8-6-5-7-9-16/h5-11,15H,12H2,1-4H3. The first-order chi connectivity index (χ1) is 12.9. The Kier molecular flexibility index (Phi) is 5.31. The topological polar surface area (TPSA) is 65.7 Å². The Hall–Kier alpha value is -3.08. The van der Waals surface area contributed by atoms with Crippen molar-refractivity contribution in [2.45, 2.75) is 33.3 Å². The van der Waals surface area contributed by atoms with Crippen LogP contribution < -0.4 is 10.4 Å². The van der Waals surface area contributed by atoms with Gasteiger partial charge in [0.1, 0.15) is 11.3 Å². The molecule has 0 saturated heterocycles. The molecule has 0 spiro atoms. The largest absolute Gasteiger partial charge is 0.479 e. The number of fused-ring (bicyclic) bond motifs is 1. The molecule has 3 rings (SSSR count). The van der Waals surface area contributed by atoms with Gasteiger partial charge in [0, 0.05) is 22.9 Å². The molecule has 0 aliphatic carbocycles. The molecule has 0 fully saturated rings. The van der Waals surface area contributed by atoms with Gasteiger partial charge in [-0.15, -0.1) is 0 Å². The second kappa shape index (κ2) is 7.66. The maximum atomic E-state index is 12.6. The lowest BCUT2D eigenvalue weighted by molar-refractivity contribution is -0.147. The second-order valence-electron chi connectivity index (χ2n) is 6.50. The Morgan fingerprint density at radius 1 is 1.07 bits per heavy atom. The summed E-state index contributed by atoms with van der Waals surface area (Å²) in [7, 11) is 1.31. The number of esters is 1. The Morgan fingerprint density at radius 2 is 1.78 bits per heavy atom. The van der Waals surface area contributed by atoms with E-state index in [1.165, 1.54) is 7.11 Å². The van der Waals surface area contributed by atoms with Gasteiger partial charge in [-0.3, -0.25) is 0 Å². The molecule has 3 aromatic rings. The first kappa shape index (κ1) is 18.7. The van der Waals surface area contributed by atoms with Crippen molar-refractivity contribution in [2.75, 3.05) is 7.11 Å². The van der Waals surface area contributed by atoms with Gasteiger partial charge in [-0.2, -0.15) is 0 Å². The van der Waals surface area contributed by atoms with Gasteiger partial charge < -0.3 is 13.9 Å². The van der Waals surface area contributed by atoms with Crippen molar-refractivity contribution in [1.82, 2.24) is 0 Å². The minimum atomic E-state index is -0.753. The van der Waals surface area contributed by atoms with Gasteiger partial charge >= 0.3 is 11.6 Å². The average Bonchev–Trinajstić information content (AvgIpc) is 2.67. The zero-order valence-corrected chi connectivity index (χ0v) is 15.9. The van der Waals surface area contributed by atoms with E-state index in [2.05, 4.69) is 4.74 Å². The van der Waals surface area contributed by atoms with Gasteiger partial charge in [0.15, 0.2) is 6.10 Å². The minimum Gasteiger partial charge on any atom is -0.479 e. The summed E-state index contributed by atoms with van der Waals surface area (Å²) >= 11 is 0. The van der Waals surface area contributed by atoms with E-state index in [1.807, 2.05) is 43.3 Å². The van der Waals surface area contributed by atoms with E-state index in [1.54, 1.807) is 19.9 Å². The molecule has 1 aromatic heterocycles. The normalized spacial score (nSPS) is 12.0. The molecule has 5 nitrogen and oxygen atoms in total. The minimum absolute atomic E-state index is 0.356. The Bertz CT molecular complexity index is 1030. The molecule has 2 aromatic carbocycles. The van der Waals surface area contributed by atoms with Crippen LogP contribution in [0.3, 0.4) is 0 Å². The number of hydrogen-bond acceptors (Lipinski definition) is 5. The van der Waals surface area contributed by atoms with E-state index in [-0.39, 0.29) is 5.63 Å². The van der Waals surface area contributed by atoms with Crippen LogP contribution in [0.2, 0.25) is 0 Å². The van der Waals surface area contributed by atoms with Crippen LogP contribution >= 0.6 is 0 Å². The van der Waals surface area contributed by atoms with E-state index < -0.39 is 12.1 Å². The van der Waals surface area contributed by atoms with Crippen molar-refractivity contribution >= 4 is 16.9 Å². The van der Waals surface area contributed by atoms with Crippen LogP contribution in [0.1, 0.15) is 29.2 Å². The summed E-state index contributed by atoms with van der Waals surface area (Å²) in [6.45, 7) is 5.34. The summed E-state index contributed by atoms with van der Waals surface area (Å²) in [5.41, 5.74) is 3.38. The summed E-state index contributed by atoms with van der Waals surface area (Å²) < 4.78 is 16.0. The lowest BCUT2D eigenvalue weighted by Crippen LogP contribution is -2.25. The third-order valence-corrected chi connectivity index (χ3v) is 4.71. The highest BCUT2D eigenvalue weighted by molar-refractivity contribution is 5.86. The lowest BCUT2D eigenvalue weighted by atomic mass is 9.98. The molecule has 0 saturated carbocycles. The number of carbonyl (C=O) groups is 1. The molecule has 27 heavy (non-hydrogen) atoms. The molecule has 0 N–H and O–H groups in total. The fourth-order valence-corrected chi connectivity index (χ4v) is 3.11. The van der Waals surface area contributed by atoms with Crippen LogP contribution in [0.25, 0.3) is 11.0 Å². The van der Waals surface area contributed by atoms with Gasteiger partial charge in [0.05, 0.1) is 7.11 Å². The maximum Gasteiger partial charge on any atom is 0.346 e. The van der Waals surface area contributed by atoms with Crippen molar-refractivity contribution in [2.24, 2.45) is 0 Å². The summed E-state index contributed by atoms with van der Waals surface area (Å²) in [5, 5.41) is 0.858. The number of rotatable bonds is 5. The highest BCUT2D eigenvalue weighted by atomic mass is 16.6. The summed E-state index contributed by atoms with van der Waals surface area (Å²) in [6.07, 6.45) is -0.238. The van der Waals surface area contributed by atoms with E-state index in [4.69, 9.17) is 9.15 Å². The third kappa shape index (κ3) is 3.72. The van der Waals surface area contributed by atoms with Crippen molar-refractivity contribution in [3.8, 4) is 5.75 Å². The van der Waals surface area contributed by atoms with Crippen LogP contribution in [0.15, 0.2) is 51.7 Å². The van der Waals surface area contributed by atoms with Gasteiger partial charge in [0.25, 0.3) is 0 Å². The number of benzene rings is 2. The quantitative estimate of drug-likeness (QED) is 0.505. The predicted molar refractivity (Wildman–Crippen MR) is 103 cm³/mol. The summed E-state index contributed by atoms with van der Waals surface area (Å²) in [5.74, 6) is 0.0177. The number of methoxy groups -OCH3 is 1. The molecule has 0 amide bonds. The van der Waals surface area contributed by atoms with E-state index in [0.29, 0.717) is 28.9 Å². The van der Waals surface area contributed by atoms with Crippen LogP contribution in [0.4, 0.5) is 0 Å². The molecular formula is C22H22O5. The first-order valence-corrected chi connectivity index (χ1v) is 8.76. The SMILES string of the molecule is COC(=O)C(C)Oc1ccc2c(C)c(Cc3ccccc3)c(=O)oc2c1C. The fourth-order valence-electron chi connectivity index (χ4n) is 3.11. The number of hydrogen-bond donors (Lipinski definition) is 0. The van der Waals surface area contributed by atoms with Crippen LogP contribution in [-0.2, 0) is 16.0 Å². The molecule has 5 heteroatoms. The molecule has 0 aliphatic rings. The van der Waals surface area contributed by atoms with E-state index >= 15 is 0 Å². The van der Waals surface area contributed by atoms with E-state index in [0.717, 1.165) is 16.5 Å². The third-order valence-electron chi connectivity index (χ3n) is 4.71. The molecule has 0 aliphatic heterocycles. The smallest absolute Gasteiger partial charge is 0.346 e. The molecule has 1 heterocycles. The molecule has 1 unspecified atom stereocenters. The molecule has 140 valence electrons. The van der Waals surface area contributed by atoms with Crippen LogP contribution in [-0.4, -0.2) is 19.2 Å². The summed E-state index contributed by atoms with van der Waals surface area (Å²) in [6, 6.07) is 13.5. The Morgan fingerprint density at radius 3 is 2.44 bits per heavy atom. The molecule has 0 bridgehead atoms. The van der Waals surface area contributed by atoms with Gasteiger partial charge in [0.2, 0.25) is 0 Å². The van der Waals surface area contributed by atoms with Crippen molar-refractivity contribution in [3.05, 3.63) is 75.1 Å². The first-order valence-electron chi connectivity index (χ1n) is 8.76. The van der Waals surface area contributed by atoms with Crippen molar-refractivity contribution in [3.63, 3.8) is 0 Å². The van der Waals surface area contributed by atoms with Crippen molar-refractivity contribution in [1.29, 1.82) is 0 Å². The monoisotopic (exact) mass is 366 g/mol. The number of aryl methyl sites for hydroxylation is 2. The van der Waals surface area contributed by atoms with Crippen molar-refractivity contribution < 1.29 is 18.7 Å². The van der Waals surface area contributed by atoms with Gasteiger partial charge in [-0.25, -0.2) is 9.59 Å². The van der Waals surface area contributed by atoms with E-state index in [9.17, 15) is 9.59 Å². The second-order valence-corrected chi connectivity index (χ2v) is 6.50. The summed E-state index contributed by atoms with van der Waals surface area (Å²) in [4.78, 5) is 24.2. The maximum absolute atomic E-state index is 12.6. The Balaban J connectivity index is 2.04. The predicted octanol–water partition coefficient (Wildman–Crippen LogP) is 3.94. The molecular weight excluding hydrogens is 344 g/mol. The highest BCUT2D eigenvalue weighted by Crippen LogP contribution is 2.30. The molecule has 0 radical (unpaired) electrons. The zero-order valence-electron chi connectivity index (χ0n) is 15.9.